The maximum Gasteiger partial charge on any atom is 0.0944 e. The molecule has 1 unspecified atom stereocenters. The number of rotatable bonds is 4. The first-order chi connectivity index (χ1) is 6.06. The zero-order chi connectivity index (χ0) is 10.3. The topological polar surface area (TPSA) is 19.0 Å². The number of nitrogens with zero attached hydrogens (tertiary/aromatic N) is 2. The van der Waals surface area contributed by atoms with Crippen LogP contribution in [0.1, 0.15) is 0 Å². The number of epoxide rings is 1. The second kappa shape index (κ2) is 9.99. The molecular weight excluding hydrogens is 223 g/mol. The van der Waals surface area contributed by atoms with Crippen LogP contribution in [0.5, 0.6) is 0 Å². The summed E-state index contributed by atoms with van der Waals surface area (Å²) in [6.45, 7) is 3.17. The Balaban J connectivity index is 0. The van der Waals surface area contributed by atoms with E-state index in [0.29, 0.717) is 12.0 Å². The van der Waals surface area contributed by atoms with Crippen LogP contribution in [0.15, 0.2) is 0 Å². The van der Waals surface area contributed by atoms with Crippen LogP contribution >= 0.6 is 24.0 Å². The lowest BCUT2D eigenvalue weighted by Gasteiger charge is -2.13. The van der Waals surface area contributed by atoms with Gasteiger partial charge >= 0.3 is 0 Å². The first-order valence-electron chi connectivity index (χ1n) is 4.53. The third-order valence-corrected chi connectivity index (χ3v) is 1.91. The van der Waals surface area contributed by atoms with Gasteiger partial charge in [-0.15, -0.1) is 24.0 Å². The van der Waals surface area contributed by atoms with Gasteiger partial charge in [-0.1, -0.05) is 0 Å². The monoisotopic (exact) mass is 244 g/mol. The van der Waals surface area contributed by atoms with Gasteiger partial charge in [-0.3, -0.25) is 0 Å². The normalized spacial score (nSPS) is 18.6. The molecule has 0 aliphatic carbocycles. The molecule has 0 bridgehead atoms. The van der Waals surface area contributed by atoms with Gasteiger partial charge in [-0.2, -0.15) is 0 Å². The Morgan fingerprint density at radius 2 is 1.50 bits per heavy atom. The molecule has 3 nitrogen and oxygen atoms in total. The molecule has 1 heterocycles. The maximum atomic E-state index is 5.27. The van der Waals surface area contributed by atoms with Crippen molar-refractivity contribution in [3.8, 4) is 0 Å². The second-order valence-electron chi connectivity index (χ2n) is 3.72. The first kappa shape index (κ1) is 16.9. The van der Waals surface area contributed by atoms with Gasteiger partial charge in [0, 0.05) is 13.1 Å². The van der Waals surface area contributed by atoms with E-state index in [1.807, 2.05) is 0 Å². The van der Waals surface area contributed by atoms with Crippen molar-refractivity contribution in [2.45, 2.75) is 6.10 Å². The molecule has 0 saturated carbocycles. The van der Waals surface area contributed by atoms with Crippen LogP contribution in [-0.4, -0.2) is 69.7 Å². The van der Waals surface area contributed by atoms with Crippen LogP contribution < -0.4 is 0 Å². The highest BCUT2D eigenvalue weighted by molar-refractivity contribution is 6.18. The predicted octanol–water partition coefficient (Wildman–Crippen LogP) is 1.16. The highest BCUT2D eigenvalue weighted by Gasteiger charge is 2.19. The molecule has 0 aromatic carbocycles. The number of halogens is 2. The minimum atomic E-state index is 0. The van der Waals surface area contributed by atoms with E-state index in [9.17, 15) is 0 Å². The Morgan fingerprint density at radius 1 is 1.14 bits per heavy atom. The summed E-state index contributed by atoms with van der Waals surface area (Å²) < 4.78 is 4.73. The summed E-state index contributed by atoms with van der Waals surface area (Å²) >= 11 is 5.27. The molecule has 0 N–H and O–H groups in total. The molecule has 0 radical (unpaired) electrons. The smallest absolute Gasteiger partial charge is 0.0944 e. The molecule has 0 amide bonds. The van der Waals surface area contributed by atoms with Crippen LogP contribution in [-0.2, 0) is 4.74 Å². The van der Waals surface area contributed by atoms with Gasteiger partial charge in [-0.25, -0.2) is 0 Å². The van der Waals surface area contributed by atoms with Crippen LogP contribution in [0.3, 0.4) is 0 Å². The fraction of sp³-hybridized carbons (Fsp3) is 1.00. The van der Waals surface area contributed by atoms with Crippen molar-refractivity contribution in [3.63, 3.8) is 0 Å². The molecular formula is C9H22Cl2N2O. The Bertz CT molecular complexity index is 111. The van der Waals surface area contributed by atoms with Gasteiger partial charge < -0.3 is 14.5 Å². The fourth-order valence-corrected chi connectivity index (χ4v) is 0.735. The molecule has 88 valence electrons. The molecule has 1 saturated heterocycles. The summed E-state index contributed by atoms with van der Waals surface area (Å²) in [7, 11) is 8.35. The largest absolute Gasteiger partial charge is 0.372 e. The van der Waals surface area contributed by atoms with Crippen LogP contribution in [0.25, 0.3) is 0 Å². The van der Waals surface area contributed by atoms with E-state index >= 15 is 0 Å². The van der Waals surface area contributed by atoms with Gasteiger partial charge in [0.2, 0.25) is 0 Å². The Morgan fingerprint density at radius 3 is 1.57 bits per heavy atom. The fourth-order valence-electron chi connectivity index (χ4n) is 0.557. The van der Waals surface area contributed by atoms with Crippen molar-refractivity contribution in [1.29, 1.82) is 0 Å². The molecule has 0 aromatic heterocycles. The molecule has 0 aromatic rings. The van der Waals surface area contributed by atoms with E-state index in [4.69, 9.17) is 16.3 Å². The van der Waals surface area contributed by atoms with Gasteiger partial charge in [0.05, 0.1) is 18.6 Å². The van der Waals surface area contributed by atoms with Crippen molar-refractivity contribution >= 4 is 24.0 Å². The lowest BCUT2D eigenvalue weighted by molar-refractivity contribution is 0.320. The van der Waals surface area contributed by atoms with E-state index < -0.39 is 0 Å². The average molecular weight is 245 g/mol. The Kier molecular flexibility index (Phi) is 12.0. The van der Waals surface area contributed by atoms with Gasteiger partial charge in [0.25, 0.3) is 0 Å². The lowest BCUT2D eigenvalue weighted by Crippen LogP contribution is -2.25. The average Bonchev–Trinajstić information content (AvgIpc) is 2.84. The quantitative estimate of drug-likeness (QED) is 0.547. The Hall–Kier alpha value is 0.460. The molecule has 14 heavy (non-hydrogen) atoms. The number of alkyl halides is 1. The summed E-state index contributed by atoms with van der Waals surface area (Å²) in [5.41, 5.74) is 0. The van der Waals surface area contributed by atoms with Gasteiger partial charge in [-0.05, 0) is 28.2 Å². The SMILES string of the molecule is CN(C)CCN(C)C.Cl.ClCC1CO1. The van der Waals surface area contributed by atoms with Crippen LogP contribution in [0, 0.1) is 0 Å². The van der Waals surface area contributed by atoms with Crippen LogP contribution in [0.4, 0.5) is 0 Å². The predicted molar refractivity (Wildman–Crippen MR) is 64.8 cm³/mol. The zero-order valence-electron chi connectivity index (χ0n) is 9.49. The standard InChI is InChI=1S/C6H16N2.C3H5ClO.ClH/c1-7(2)5-6-8(3)4;4-1-3-2-5-3;/h5-6H2,1-4H3;3H,1-2H2;1H. The van der Waals surface area contributed by atoms with Gasteiger partial charge in [0.1, 0.15) is 0 Å². The van der Waals surface area contributed by atoms with Crippen molar-refractivity contribution < 1.29 is 4.74 Å². The summed E-state index contributed by atoms with van der Waals surface area (Å²) in [6, 6.07) is 0. The number of hydrogen-bond acceptors (Lipinski definition) is 3. The third-order valence-electron chi connectivity index (χ3n) is 1.57. The van der Waals surface area contributed by atoms with Crippen molar-refractivity contribution in [2.24, 2.45) is 0 Å². The lowest BCUT2D eigenvalue weighted by atomic mass is 10.5. The highest BCUT2D eigenvalue weighted by Crippen LogP contribution is 2.08. The first-order valence-corrected chi connectivity index (χ1v) is 5.06. The van der Waals surface area contributed by atoms with Crippen molar-refractivity contribution in [3.05, 3.63) is 0 Å². The van der Waals surface area contributed by atoms with Crippen molar-refractivity contribution in [2.75, 3.05) is 53.8 Å². The van der Waals surface area contributed by atoms with Crippen LogP contribution in [0.2, 0.25) is 0 Å². The van der Waals surface area contributed by atoms with Gasteiger partial charge in [0.15, 0.2) is 0 Å². The molecule has 1 aliphatic rings. The number of ether oxygens (including phenoxy) is 1. The van der Waals surface area contributed by atoms with E-state index in [2.05, 4.69) is 38.0 Å². The minimum absolute atomic E-state index is 0. The van der Waals surface area contributed by atoms with E-state index in [-0.39, 0.29) is 12.4 Å². The molecule has 0 spiro atoms. The summed E-state index contributed by atoms with van der Waals surface area (Å²) in [5, 5.41) is 0. The summed E-state index contributed by atoms with van der Waals surface area (Å²) in [4.78, 5) is 4.36. The molecule has 1 aliphatic heterocycles. The molecule has 5 heteroatoms. The third kappa shape index (κ3) is 15.0. The minimum Gasteiger partial charge on any atom is -0.372 e. The maximum absolute atomic E-state index is 5.27. The van der Waals surface area contributed by atoms with E-state index in [0.717, 1.165) is 19.7 Å². The van der Waals surface area contributed by atoms with Crippen molar-refractivity contribution in [1.82, 2.24) is 9.80 Å². The Labute approximate surface area is 98.7 Å². The molecule has 1 atom stereocenters. The summed E-state index contributed by atoms with van der Waals surface area (Å²) in [5.74, 6) is 0.667. The zero-order valence-corrected chi connectivity index (χ0v) is 11.1. The second-order valence-corrected chi connectivity index (χ2v) is 4.02. The molecule has 1 rings (SSSR count). The summed E-state index contributed by atoms with van der Waals surface area (Å²) in [6.07, 6.45) is 0.400. The van der Waals surface area contributed by atoms with E-state index in [1.165, 1.54) is 0 Å². The molecule has 1 fully saturated rings. The number of likely N-dealkylation sites (N-methyl/N-ethyl adjacent to an activating group) is 2. The van der Waals surface area contributed by atoms with E-state index in [1.54, 1.807) is 0 Å². The number of hydrogen-bond donors (Lipinski definition) is 0. The highest BCUT2D eigenvalue weighted by atomic mass is 35.5.